The summed E-state index contributed by atoms with van der Waals surface area (Å²) in [6.45, 7) is 20.0. The Hall–Kier alpha value is -0.123. The minimum atomic E-state index is 0.207. The van der Waals surface area contributed by atoms with Crippen molar-refractivity contribution in [1.29, 1.82) is 0 Å². The Morgan fingerprint density at radius 1 is 1.06 bits per heavy atom. The van der Waals surface area contributed by atoms with Crippen molar-refractivity contribution in [2.24, 2.45) is 0 Å². The van der Waals surface area contributed by atoms with Crippen LogP contribution in [-0.2, 0) is 0 Å². The SMILES string of the molecule is C=CC([SiH3])CCC(C)(N(CC)CC)N(CC)CC. The minimum absolute atomic E-state index is 0.207. The molecular weight excluding hydrogens is 236 g/mol. The fourth-order valence-electron chi connectivity index (χ4n) is 2.94. The second kappa shape index (κ2) is 8.89. The van der Waals surface area contributed by atoms with Crippen molar-refractivity contribution in [2.45, 2.75) is 58.7 Å². The van der Waals surface area contributed by atoms with Crippen LogP contribution in [0.1, 0.15) is 47.5 Å². The molecule has 0 saturated carbocycles. The van der Waals surface area contributed by atoms with E-state index < -0.39 is 0 Å². The molecule has 0 spiro atoms. The van der Waals surface area contributed by atoms with E-state index in [0.717, 1.165) is 31.7 Å². The molecule has 1 atom stereocenters. The lowest BCUT2D eigenvalue weighted by Crippen LogP contribution is -2.58. The highest BCUT2D eigenvalue weighted by molar-refractivity contribution is 6.12. The third-order valence-electron chi connectivity index (χ3n) is 4.37. The van der Waals surface area contributed by atoms with Gasteiger partial charge in [0.15, 0.2) is 0 Å². The average Bonchev–Trinajstić information content (AvgIpc) is 2.38. The van der Waals surface area contributed by atoms with Crippen molar-refractivity contribution in [3.05, 3.63) is 12.7 Å². The topological polar surface area (TPSA) is 6.48 Å². The van der Waals surface area contributed by atoms with Gasteiger partial charge in [-0.15, -0.1) is 6.58 Å². The first-order valence-corrected chi connectivity index (χ1v) is 8.78. The molecule has 0 aliphatic carbocycles. The van der Waals surface area contributed by atoms with Crippen LogP contribution in [0.2, 0.25) is 5.54 Å². The van der Waals surface area contributed by atoms with E-state index in [9.17, 15) is 0 Å². The summed E-state index contributed by atoms with van der Waals surface area (Å²) < 4.78 is 0. The number of hydrogen-bond donors (Lipinski definition) is 0. The van der Waals surface area contributed by atoms with Gasteiger partial charge < -0.3 is 0 Å². The quantitative estimate of drug-likeness (QED) is 0.342. The lowest BCUT2D eigenvalue weighted by atomic mass is 9.99. The Morgan fingerprint density at radius 2 is 1.44 bits per heavy atom. The van der Waals surface area contributed by atoms with E-state index in [2.05, 4.69) is 57.1 Å². The molecule has 0 heterocycles. The van der Waals surface area contributed by atoms with Crippen molar-refractivity contribution in [3.63, 3.8) is 0 Å². The predicted molar refractivity (Wildman–Crippen MR) is 87.4 cm³/mol. The van der Waals surface area contributed by atoms with Gasteiger partial charge in [-0.2, -0.15) is 0 Å². The van der Waals surface area contributed by atoms with E-state index in [0.29, 0.717) is 0 Å². The largest absolute Gasteiger partial charge is 0.286 e. The zero-order valence-corrected chi connectivity index (χ0v) is 15.5. The lowest BCUT2D eigenvalue weighted by molar-refractivity contribution is -0.0432. The molecule has 0 aromatic heterocycles. The first-order valence-electron chi connectivity index (χ1n) is 7.62. The van der Waals surface area contributed by atoms with E-state index in [1.54, 1.807) is 0 Å². The zero-order chi connectivity index (χ0) is 14.2. The fourth-order valence-corrected chi connectivity index (χ4v) is 3.23. The molecule has 0 amide bonds. The Morgan fingerprint density at radius 3 is 1.72 bits per heavy atom. The van der Waals surface area contributed by atoms with E-state index in [4.69, 9.17) is 0 Å². The molecule has 0 rings (SSSR count). The summed E-state index contributed by atoms with van der Waals surface area (Å²) in [5, 5.41) is 0. The van der Waals surface area contributed by atoms with Crippen LogP contribution in [-0.4, -0.2) is 51.9 Å². The lowest BCUT2D eigenvalue weighted by Gasteiger charge is -2.48. The summed E-state index contributed by atoms with van der Waals surface area (Å²) in [7, 11) is 1.23. The van der Waals surface area contributed by atoms with Gasteiger partial charge in [0.2, 0.25) is 0 Å². The molecule has 0 fully saturated rings. The van der Waals surface area contributed by atoms with E-state index >= 15 is 0 Å². The first-order chi connectivity index (χ1) is 8.49. The molecule has 18 heavy (non-hydrogen) atoms. The summed E-state index contributed by atoms with van der Waals surface area (Å²) in [6.07, 6.45) is 4.66. The van der Waals surface area contributed by atoms with Crippen molar-refractivity contribution in [2.75, 3.05) is 26.2 Å². The average molecular weight is 271 g/mol. The normalized spacial score (nSPS) is 14.4. The van der Waals surface area contributed by atoms with Crippen LogP contribution >= 0.6 is 0 Å². The van der Waals surface area contributed by atoms with E-state index in [1.807, 2.05) is 0 Å². The van der Waals surface area contributed by atoms with Gasteiger partial charge in [-0.3, -0.25) is 9.80 Å². The Labute approximate surface area is 118 Å². The van der Waals surface area contributed by atoms with Crippen LogP contribution < -0.4 is 0 Å². The maximum Gasteiger partial charge on any atom is 0.0708 e. The van der Waals surface area contributed by atoms with Crippen LogP contribution in [0.3, 0.4) is 0 Å². The molecule has 0 bridgehead atoms. The number of nitrogens with zero attached hydrogens (tertiary/aromatic N) is 2. The van der Waals surface area contributed by atoms with Gasteiger partial charge in [-0.1, -0.05) is 33.8 Å². The van der Waals surface area contributed by atoms with Gasteiger partial charge in [0.1, 0.15) is 0 Å². The van der Waals surface area contributed by atoms with Crippen LogP contribution in [0.4, 0.5) is 0 Å². The number of rotatable bonds is 10. The van der Waals surface area contributed by atoms with Crippen molar-refractivity contribution >= 4 is 10.2 Å². The Kier molecular flexibility index (Phi) is 8.83. The van der Waals surface area contributed by atoms with Crippen molar-refractivity contribution in [3.8, 4) is 0 Å². The molecule has 0 radical (unpaired) electrons. The second-order valence-corrected chi connectivity index (χ2v) is 6.80. The Bertz CT molecular complexity index is 211. The van der Waals surface area contributed by atoms with Gasteiger partial charge in [0.05, 0.1) is 5.66 Å². The molecule has 2 nitrogen and oxygen atoms in total. The summed E-state index contributed by atoms with van der Waals surface area (Å²) >= 11 is 0. The molecule has 0 aromatic carbocycles. The standard InChI is InChI=1S/C15H34N2Si/c1-7-14(18)12-13-15(6,16(8-2)9-3)17(10-4)11-5/h7,14H,1,8-13H2,2-6,18H3. The van der Waals surface area contributed by atoms with Crippen LogP contribution in [0.5, 0.6) is 0 Å². The third-order valence-corrected chi connectivity index (χ3v) is 5.41. The molecular formula is C15H34N2Si. The van der Waals surface area contributed by atoms with E-state index in [1.165, 1.54) is 23.1 Å². The maximum absolute atomic E-state index is 3.94. The van der Waals surface area contributed by atoms with Gasteiger partial charge >= 0.3 is 0 Å². The third kappa shape index (κ3) is 4.52. The van der Waals surface area contributed by atoms with Gasteiger partial charge in [-0.25, -0.2) is 0 Å². The highest BCUT2D eigenvalue weighted by atomic mass is 28.1. The molecule has 3 heteroatoms. The van der Waals surface area contributed by atoms with Crippen LogP contribution in [0, 0.1) is 0 Å². The van der Waals surface area contributed by atoms with Gasteiger partial charge in [0, 0.05) is 10.2 Å². The number of hydrogen-bond acceptors (Lipinski definition) is 2. The zero-order valence-electron chi connectivity index (χ0n) is 13.5. The van der Waals surface area contributed by atoms with Crippen LogP contribution in [0.15, 0.2) is 12.7 Å². The van der Waals surface area contributed by atoms with E-state index in [-0.39, 0.29) is 5.66 Å². The summed E-state index contributed by atoms with van der Waals surface area (Å²) in [5.74, 6) is 0. The molecule has 0 N–H and O–H groups in total. The first kappa shape index (κ1) is 17.9. The predicted octanol–water partition coefficient (Wildman–Crippen LogP) is 2.51. The highest BCUT2D eigenvalue weighted by Gasteiger charge is 2.34. The maximum atomic E-state index is 3.94. The molecule has 0 aromatic rings. The molecule has 0 aliphatic heterocycles. The molecule has 108 valence electrons. The monoisotopic (exact) mass is 270 g/mol. The summed E-state index contributed by atoms with van der Waals surface area (Å²) in [6, 6.07) is 0. The van der Waals surface area contributed by atoms with Crippen LogP contribution in [0.25, 0.3) is 0 Å². The Balaban J connectivity index is 4.94. The summed E-state index contributed by atoms with van der Waals surface area (Å²) in [5.41, 5.74) is 0.953. The molecule has 0 aliphatic rings. The molecule has 0 saturated heterocycles. The second-order valence-electron chi connectivity index (χ2n) is 5.31. The smallest absolute Gasteiger partial charge is 0.0708 e. The van der Waals surface area contributed by atoms with Gasteiger partial charge in [0.25, 0.3) is 0 Å². The fraction of sp³-hybridized carbons (Fsp3) is 0.867. The van der Waals surface area contributed by atoms with Gasteiger partial charge in [-0.05, 0) is 51.5 Å². The summed E-state index contributed by atoms with van der Waals surface area (Å²) in [4.78, 5) is 5.22. The van der Waals surface area contributed by atoms with Crippen molar-refractivity contribution in [1.82, 2.24) is 9.80 Å². The minimum Gasteiger partial charge on any atom is -0.286 e. The highest BCUT2D eigenvalue weighted by Crippen LogP contribution is 2.28. The molecule has 1 unspecified atom stereocenters. The number of allylic oxidation sites excluding steroid dienone is 1. The van der Waals surface area contributed by atoms with Crippen molar-refractivity contribution < 1.29 is 0 Å².